The van der Waals surface area contributed by atoms with Gasteiger partial charge < -0.3 is 14.8 Å². The quantitative estimate of drug-likeness (QED) is 0.218. The average Bonchev–Trinajstić information content (AvgIpc) is 3.27. The normalized spacial score (nSPS) is 10.5. The molecule has 3 rings (SSSR count). The number of carbonyl (C=O) groups is 1. The van der Waals surface area contributed by atoms with Crippen LogP contribution < -0.4 is 20.1 Å². The van der Waals surface area contributed by atoms with Gasteiger partial charge in [-0.05, 0) is 77.0 Å². The summed E-state index contributed by atoms with van der Waals surface area (Å²) >= 11 is 10.2. The number of hydrogen-bond acceptors (Lipinski definition) is 6. The van der Waals surface area contributed by atoms with Gasteiger partial charge in [-0.2, -0.15) is 0 Å². The first-order valence-corrected chi connectivity index (χ1v) is 12.7. The SMILES string of the molecule is CCCCCCOc1ccc(C(=O)NC(=S)Nc2nc(-c3ccc(OC)c(Br)c3)cs2)cc1. The molecule has 1 amide bonds. The maximum absolute atomic E-state index is 12.5. The zero-order chi connectivity index (χ0) is 23.6. The van der Waals surface area contributed by atoms with Gasteiger partial charge in [0.2, 0.25) is 0 Å². The molecule has 0 spiro atoms. The molecule has 0 unspecified atom stereocenters. The van der Waals surface area contributed by atoms with E-state index in [1.165, 1.54) is 30.6 Å². The van der Waals surface area contributed by atoms with Crippen molar-refractivity contribution in [2.75, 3.05) is 19.0 Å². The van der Waals surface area contributed by atoms with E-state index < -0.39 is 0 Å². The minimum Gasteiger partial charge on any atom is -0.496 e. The Morgan fingerprint density at radius 1 is 1.15 bits per heavy atom. The minimum atomic E-state index is -0.294. The number of rotatable bonds is 10. The summed E-state index contributed by atoms with van der Waals surface area (Å²) in [7, 11) is 1.62. The number of thiocarbonyl (C=S) groups is 1. The summed E-state index contributed by atoms with van der Waals surface area (Å²) in [6.45, 7) is 2.87. The van der Waals surface area contributed by atoms with Crippen molar-refractivity contribution in [3.05, 3.63) is 57.9 Å². The summed E-state index contributed by atoms with van der Waals surface area (Å²) in [5, 5.41) is 8.36. The lowest BCUT2D eigenvalue weighted by atomic mass is 10.2. The number of halogens is 1. The number of hydrogen-bond donors (Lipinski definition) is 2. The third-order valence-electron chi connectivity index (χ3n) is 4.78. The van der Waals surface area contributed by atoms with Gasteiger partial charge in [0.05, 0.1) is 23.9 Å². The number of nitrogens with one attached hydrogen (secondary N) is 2. The maximum atomic E-state index is 12.5. The minimum absolute atomic E-state index is 0.188. The zero-order valence-electron chi connectivity index (χ0n) is 18.5. The fourth-order valence-electron chi connectivity index (χ4n) is 3.01. The lowest BCUT2D eigenvalue weighted by Gasteiger charge is -2.09. The number of nitrogens with zero attached hydrogens (tertiary/aromatic N) is 1. The molecule has 0 bridgehead atoms. The van der Waals surface area contributed by atoms with Crippen molar-refractivity contribution in [2.45, 2.75) is 32.6 Å². The molecule has 6 nitrogen and oxygen atoms in total. The summed E-state index contributed by atoms with van der Waals surface area (Å²) in [5.74, 6) is 1.21. The van der Waals surface area contributed by atoms with Crippen molar-refractivity contribution in [2.24, 2.45) is 0 Å². The Morgan fingerprint density at radius 3 is 2.64 bits per heavy atom. The third-order valence-corrected chi connectivity index (χ3v) is 6.36. The Bertz CT molecular complexity index is 1090. The van der Waals surface area contributed by atoms with Gasteiger partial charge >= 0.3 is 0 Å². The molecule has 0 radical (unpaired) electrons. The molecule has 1 aromatic heterocycles. The van der Waals surface area contributed by atoms with Crippen molar-refractivity contribution in [3.8, 4) is 22.8 Å². The molecule has 0 atom stereocenters. The smallest absolute Gasteiger partial charge is 0.257 e. The fourth-order valence-corrected chi connectivity index (χ4v) is 4.53. The Morgan fingerprint density at radius 2 is 1.94 bits per heavy atom. The molecule has 9 heteroatoms. The van der Waals surface area contributed by atoms with Crippen LogP contribution in [-0.4, -0.2) is 29.7 Å². The van der Waals surface area contributed by atoms with Crippen molar-refractivity contribution in [1.82, 2.24) is 10.3 Å². The molecule has 3 aromatic rings. The Kier molecular flexibility index (Phi) is 9.65. The number of carbonyl (C=O) groups excluding carboxylic acids is 1. The van der Waals surface area contributed by atoms with E-state index in [1.807, 2.05) is 23.6 Å². The van der Waals surface area contributed by atoms with Crippen LogP contribution in [-0.2, 0) is 0 Å². The average molecular weight is 549 g/mol. The first kappa shape index (κ1) is 25.1. The van der Waals surface area contributed by atoms with Crippen LogP contribution in [0.2, 0.25) is 0 Å². The van der Waals surface area contributed by atoms with Gasteiger partial charge in [0, 0.05) is 16.5 Å². The van der Waals surface area contributed by atoms with Crippen LogP contribution >= 0.6 is 39.5 Å². The van der Waals surface area contributed by atoms with E-state index in [0.717, 1.165) is 33.6 Å². The van der Waals surface area contributed by atoms with E-state index >= 15 is 0 Å². The van der Waals surface area contributed by atoms with Gasteiger partial charge in [-0.15, -0.1) is 11.3 Å². The molecule has 0 fully saturated rings. The molecule has 0 saturated heterocycles. The molecule has 1 heterocycles. The van der Waals surface area contributed by atoms with Crippen molar-refractivity contribution in [3.63, 3.8) is 0 Å². The van der Waals surface area contributed by atoms with Gasteiger partial charge in [0.15, 0.2) is 10.2 Å². The molecule has 2 N–H and O–H groups in total. The van der Waals surface area contributed by atoms with E-state index in [-0.39, 0.29) is 11.0 Å². The van der Waals surface area contributed by atoms with Crippen LogP contribution in [0, 0.1) is 0 Å². The number of ether oxygens (including phenoxy) is 2. The van der Waals surface area contributed by atoms with Crippen LogP contribution in [0.15, 0.2) is 52.3 Å². The fraction of sp³-hybridized carbons (Fsp3) is 0.292. The van der Waals surface area contributed by atoms with Crippen LogP contribution in [0.25, 0.3) is 11.3 Å². The topological polar surface area (TPSA) is 72.5 Å². The van der Waals surface area contributed by atoms with E-state index in [9.17, 15) is 4.79 Å². The van der Waals surface area contributed by atoms with Gasteiger partial charge in [-0.1, -0.05) is 26.2 Å². The highest BCUT2D eigenvalue weighted by Crippen LogP contribution is 2.32. The van der Waals surface area contributed by atoms with Crippen LogP contribution in [0.5, 0.6) is 11.5 Å². The molecular formula is C24H26BrN3O3S2. The zero-order valence-corrected chi connectivity index (χ0v) is 21.7. The molecule has 0 saturated carbocycles. The molecule has 0 aliphatic heterocycles. The number of thiazole rings is 1. The summed E-state index contributed by atoms with van der Waals surface area (Å²) in [6.07, 6.45) is 4.62. The number of aromatic nitrogens is 1. The second kappa shape index (κ2) is 12.7. The lowest BCUT2D eigenvalue weighted by Crippen LogP contribution is -2.34. The van der Waals surface area contributed by atoms with Crippen LogP contribution in [0.1, 0.15) is 43.0 Å². The molecule has 33 heavy (non-hydrogen) atoms. The highest BCUT2D eigenvalue weighted by molar-refractivity contribution is 9.10. The monoisotopic (exact) mass is 547 g/mol. The van der Waals surface area contributed by atoms with E-state index in [0.29, 0.717) is 17.3 Å². The van der Waals surface area contributed by atoms with Gasteiger partial charge in [-0.25, -0.2) is 4.98 Å². The highest BCUT2D eigenvalue weighted by atomic mass is 79.9. The second-order valence-corrected chi connectivity index (χ2v) is 9.35. The van der Waals surface area contributed by atoms with E-state index in [1.54, 1.807) is 31.4 Å². The Labute approximate surface area is 211 Å². The summed E-state index contributed by atoms with van der Waals surface area (Å²) in [5.41, 5.74) is 2.24. The number of anilines is 1. The molecular weight excluding hydrogens is 522 g/mol. The first-order chi connectivity index (χ1) is 16.0. The molecule has 0 aliphatic rings. The molecule has 174 valence electrons. The first-order valence-electron chi connectivity index (χ1n) is 10.6. The standard InChI is InChI=1S/C24H26BrN3O3S2/c1-3-4-5-6-13-31-18-10-7-16(8-11-18)22(29)27-23(32)28-24-26-20(15-33-24)17-9-12-21(30-2)19(25)14-17/h7-12,14-15H,3-6,13H2,1-2H3,(H2,26,27,28,29,32). The number of amides is 1. The summed E-state index contributed by atoms with van der Waals surface area (Å²) in [4.78, 5) is 17.0. The summed E-state index contributed by atoms with van der Waals surface area (Å²) in [6, 6.07) is 12.8. The number of benzene rings is 2. The number of unbranched alkanes of at least 4 members (excludes halogenated alkanes) is 3. The third kappa shape index (κ3) is 7.52. The van der Waals surface area contributed by atoms with Gasteiger partial charge in [-0.3, -0.25) is 10.1 Å². The van der Waals surface area contributed by atoms with Crippen molar-refractivity contribution < 1.29 is 14.3 Å². The largest absolute Gasteiger partial charge is 0.496 e. The second-order valence-electron chi connectivity index (χ2n) is 7.23. The number of methoxy groups -OCH3 is 1. The van der Waals surface area contributed by atoms with E-state index in [2.05, 4.69) is 38.5 Å². The highest BCUT2D eigenvalue weighted by Gasteiger charge is 2.11. The maximum Gasteiger partial charge on any atom is 0.257 e. The lowest BCUT2D eigenvalue weighted by molar-refractivity contribution is 0.0977. The Hall–Kier alpha value is -2.49. The Balaban J connectivity index is 1.50. The van der Waals surface area contributed by atoms with Gasteiger partial charge in [0.1, 0.15) is 11.5 Å². The van der Waals surface area contributed by atoms with Crippen molar-refractivity contribution >= 4 is 55.6 Å². The summed E-state index contributed by atoms with van der Waals surface area (Å²) < 4.78 is 11.8. The predicted octanol–water partition coefficient (Wildman–Crippen LogP) is 6.67. The van der Waals surface area contributed by atoms with Crippen molar-refractivity contribution in [1.29, 1.82) is 0 Å². The van der Waals surface area contributed by atoms with Crippen LogP contribution in [0.4, 0.5) is 5.13 Å². The van der Waals surface area contributed by atoms with Gasteiger partial charge in [0.25, 0.3) is 5.91 Å². The van der Waals surface area contributed by atoms with E-state index in [4.69, 9.17) is 21.7 Å². The predicted molar refractivity (Wildman–Crippen MR) is 142 cm³/mol. The molecule has 2 aromatic carbocycles. The molecule has 0 aliphatic carbocycles. The van der Waals surface area contributed by atoms with Crippen LogP contribution in [0.3, 0.4) is 0 Å².